The largest absolute Gasteiger partial charge is 0.322 e. The maximum absolute atomic E-state index is 12.2. The first-order chi connectivity index (χ1) is 11.2. The molecular formula is C15H15N3O5S. The number of aryl methyl sites for hydroxylation is 1. The number of nitrogens with zero attached hydrogens (tertiary/aromatic N) is 1. The lowest BCUT2D eigenvalue weighted by Gasteiger charge is -2.10. The van der Waals surface area contributed by atoms with Crippen molar-refractivity contribution in [2.75, 3.05) is 12.4 Å². The van der Waals surface area contributed by atoms with Gasteiger partial charge in [-0.25, -0.2) is 13.1 Å². The number of carbonyl (C=O) groups excluding carboxylic acids is 1. The normalized spacial score (nSPS) is 11.1. The molecule has 24 heavy (non-hydrogen) atoms. The highest BCUT2D eigenvalue weighted by molar-refractivity contribution is 7.89. The SMILES string of the molecule is CNS(=O)(=O)c1cc(NC(=O)c2ccc([N+](=O)[O-])cc2)ccc1C. The number of benzene rings is 2. The van der Waals surface area contributed by atoms with Crippen LogP contribution in [-0.4, -0.2) is 26.3 Å². The van der Waals surface area contributed by atoms with Gasteiger partial charge in [-0.2, -0.15) is 0 Å². The van der Waals surface area contributed by atoms with Crippen LogP contribution >= 0.6 is 0 Å². The van der Waals surface area contributed by atoms with E-state index < -0.39 is 20.9 Å². The van der Waals surface area contributed by atoms with Crippen molar-refractivity contribution in [1.29, 1.82) is 0 Å². The summed E-state index contributed by atoms with van der Waals surface area (Å²) in [7, 11) is -2.34. The van der Waals surface area contributed by atoms with Gasteiger partial charge in [-0.05, 0) is 43.8 Å². The van der Waals surface area contributed by atoms with Gasteiger partial charge < -0.3 is 5.32 Å². The third kappa shape index (κ3) is 3.76. The number of sulfonamides is 1. The van der Waals surface area contributed by atoms with E-state index in [2.05, 4.69) is 10.0 Å². The molecule has 126 valence electrons. The molecule has 2 aromatic carbocycles. The van der Waals surface area contributed by atoms with E-state index in [0.29, 0.717) is 11.3 Å². The number of nitrogens with one attached hydrogen (secondary N) is 2. The molecule has 0 unspecified atom stereocenters. The highest BCUT2D eigenvalue weighted by atomic mass is 32.2. The van der Waals surface area contributed by atoms with Gasteiger partial charge in [0.2, 0.25) is 10.0 Å². The molecule has 0 fully saturated rings. The lowest BCUT2D eigenvalue weighted by molar-refractivity contribution is -0.384. The van der Waals surface area contributed by atoms with Gasteiger partial charge in [0.05, 0.1) is 9.82 Å². The van der Waals surface area contributed by atoms with Gasteiger partial charge in [0, 0.05) is 23.4 Å². The zero-order chi connectivity index (χ0) is 17.9. The van der Waals surface area contributed by atoms with Gasteiger partial charge in [0.15, 0.2) is 0 Å². The summed E-state index contributed by atoms with van der Waals surface area (Å²) < 4.78 is 26.1. The predicted molar refractivity (Wildman–Crippen MR) is 88.5 cm³/mol. The fourth-order valence-corrected chi connectivity index (χ4v) is 3.01. The van der Waals surface area contributed by atoms with Crippen LogP contribution in [0.15, 0.2) is 47.4 Å². The number of non-ortho nitro benzene ring substituents is 1. The van der Waals surface area contributed by atoms with E-state index in [1.165, 1.54) is 37.4 Å². The molecule has 8 nitrogen and oxygen atoms in total. The van der Waals surface area contributed by atoms with Crippen LogP contribution in [0, 0.1) is 17.0 Å². The molecule has 1 amide bonds. The number of hydrogen-bond acceptors (Lipinski definition) is 5. The van der Waals surface area contributed by atoms with Crippen molar-refractivity contribution >= 4 is 27.3 Å². The van der Waals surface area contributed by atoms with Crippen molar-refractivity contribution in [3.63, 3.8) is 0 Å². The molecule has 0 aromatic heterocycles. The number of nitro benzene ring substituents is 1. The van der Waals surface area contributed by atoms with Crippen molar-refractivity contribution in [3.05, 3.63) is 63.7 Å². The van der Waals surface area contributed by atoms with Gasteiger partial charge in [-0.1, -0.05) is 6.07 Å². The Bertz CT molecular complexity index is 892. The summed E-state index contributed by atoms with van der Waals surface area (Å²) in [5, 5.41) is 13.2. The van der Waals surface area contributed by atoms with E-state index in [1.54, 1.807) is 19.1 Å². The van der Waals surface area contributed by atoms with Gasteiger partial charge >= 0.3 is 0 Å². The topological polar surface area (TPSA) is 118 Å². The first kappa shape index (κ1) is 17.6. The zero-order valence-corrected chi connectivity index (χ0v) is 13.8. The third-order valence-corrected chi connectivity index (χ3v) is 4.90. The first-order valence-electron chi connectivity index (χ1n) is 6.84. The molecule has 0 aliphatic carbocycles. The van der Waals surface area contributed by atoms with Crippen LogP contribution in [-0.2, 0) is 10.0 Å². The molecule has 0 aliphatic heterocycles. The second-order valence-corrected chi connectivity index (χ2v) is 6.80. The summed E-state index contributed by atoms with van der Waals surface area (Å²) in [5.74, 6) is -0.499. The maximum Gasteiger partial charge on any atom is 0.269 e. The lowest BCUT2D eigenvalue weighted by Crippen LogP contribution is -2.20. The number of anilines is 1. The molecule has 0 aliphatic rings. The molecule has 2 rings (SSSR count). The van der Waals surface area contributed by atoms with Crippen LogP contribution in [0.4, 0.5) is 11.4 Å². The third-order valence-electron chi connectivity index (χ3n) is 3.34. The zero-order valence-electron chi connectivity index (χ0n) is 12.9. The van der Waals surface area contributed by atoms with E-state index in [-0.39, 0.29) is 16.1 Å². The summed E-state index contributed by atoms with van der Waals surface area (Å²) in [6, 6.07) is 9.61. The number of rotatable bonds is 5. The number of carbonyl (C=O) groups is 1. The van der Waals surface area contributed by atoms with Crippen molar-refractivity contribution in [3.8, 4) is 0 Å². The van der Waals surface area contributed by atoms with Crippen LogP contribution in [0.1, 0.15) is 15.9 Å². The minimum atomic E-state index is -3.64. The molecule has 0 spiro atoms. The number of amides is 1. The fraction of sp³-hybridized carbons (Fsp3) is 0.133. The van der Waals surface area contributed by atoms with Crippen LogP contribution in [0.5, 0.6) is 0 Å². The maximum atomic E-state index is 12.2. The average Bonchev–Trinajstić information content (AvgIpc) is 2.56. The first-order valence-corrected chi connectivity index (χ1v) is 8.33. The molecule has 0 bridgehead atoms. The molecule has 0 saturated heterocycles. The molecular weight excluding hydrogens is 334 g/mol. The molecule has 0 heterocycles. The highest BCUT2D eigenvalue weighted by Gasteiger charge is 2.16. The fourth-order valence-electron chi connectivity index (χ4n) is 2.02. The summed E-state index contributed by atoms with van der Waals surface area (Å²) in [6.07, 6.45) is 0. The highest BCUT2D eigenvalue weighted by Crippen LogP contribution is 2.21. The van der Waals surface area contributed by atoms with Gasteiger partial charge in [0.1, 0.15) is 0 Å². The second kappa shape index (κ2) is 6.77. The van der Waals surface area contributed by atoms with Crippen molar-refractivity contribution in [2.24, 2.45) is 0 Å². The van der Waals surface area contributed by atoms with Crippen LogP contribution in [0.25, 0.3) is 0 Å². The summed E-state index contributed by atoms with van der Waals surface area (Å²) in [4.78, 5) is 22.3. The van der Waals surface area contributed by atoms with E-state index in [0.717, 1.165) is 0 Å². The Kier molecular flexibility index (Phi) is 4.96. The Morgan fingerprint density at radius 2 is 1.75 bits per heavy atom. The van der Waals surface area contributed by atoms with Gasteiger partial charge in [0.25, 0.3) is 11.6 Å². The monoisotopic (exact) mass is 349 g/mol. The Labute approximate surface area is 138 Å². The summed E-state index contributed by atoms with van der Waals surface area (Å²) >= 11 is 0. The van der Waals surface area contributed by atoms with Crippen molar-refractivity contribution in [2.45, 2.75) is 11.8 Å². The number of hydrogen-bond donors (Lipinski definition) is 2. The Hall–Kier alpha value is -2.78. The van der Waals surface area contributed by atoms with E-state index >= 15 is 0 Å². The van der Waals surface area contributed by atoms with E-state index in [1.807, 2.05) is 0 Å². The van der Waals surface area contributed by atoms with Crippen molar-refractivity contribution < 1.29 is 18.1 Å². The quantitative estimate of drug-likeness (QED) is 0.633. The standard InChI is InChI=1S/C15H15N3O5S/c1-10-3-6-12(9-14(10)24(22,23)16-2)17-15(19)11-4-7-13(8-5-11)18(20)21/h3-9,16H,1-2H3,(H,17,19). The van der Waals surface area contributed by atoms with Crippen LogP contribution in [0.2, 0.25) is 0 Å². The molecule has 0 atom stereocenters. The van der Waals surface area contributed by atoms with E-state index in [9.17, 15) is 23.3 Å². The predicted octanol–water partition coefficient (Wildman–Crippen LogP) is 2.06. The average molecular weight is 349 g/mol. The molecule has 0 saturated carbocycles. The van der Waals surface area contributed by atoms with Crippen molar-refractivity contribution in [1.82, 2.24) is 4.72 Å². The van der Waals surface area contributed by atoms with Crippen LogP contribution < -0.4 is 10.0 Å². The van der Waals surface area contributed by atoms with Gasteiger partial charge in [-0.3, -0.25) is 14.9 Å². The minimum absolute atomic E-state index is 0.0616. The Balaban J connectivity index is 2.26. The molecule has 0 radical (unpaired) electrons. The Morgan fingerprint density at radius 1 is 1.12 bits per heavy atom. The summed E-state index contributed by atoms with van der Waals surface area (Å²) in [6.45, 7) is 1.64. The second-order valence-electron chi connectivity index (χ2n) is 4.95. The molecule has 2 aromatic rings. The molecule has 2 N–H and O–H groups in total. The lowest BCUT2D eigenvalue weighted by atomic mass is 10.2. The van der Waals surface area contributed by atoms with E-state index in [4.69, 9.17) is 0 Å². The molecule has 9 heteroatoms. The van der Waals surface area contributed by atoms with Crippen LogP contribution in [0.3, 0.4) is 0 Å². The minimum Gasteiger partial charge on any atom is -0.322 e. The summed E-state index contributed by atoms with van der Waals surface area (Å²) in [5.41, 5.74) is 0.943. The number of nitro groups is 1. The van der Waals surface area contributed by atoms with Gasteiger partial charge in [-0.15, -0.1) is 0 Å². The Morgan fingerprint density at radius 3 is 2.29 bits per heavy atom. The smallest absolute Gasteiger partial charge is 0.269 e.